The Hall–Kier alpha value is -2.10. The molecule has 0 aliphatic heterocycles. The molecule has 3 nitrogen and oxygen atoms in total. The number of likely N-dealkylation sites (N-methyl/N-ethyl adjacent to an activating group) is 1. The number of benzene rings is 1. The average molecular weight is 275 g/mol. The molecule has 0 N–H and O–H groups in total. The number of hydrogen-bond acceptors (Lipinski definition) is 2. The van der Waals surface area contributed by atoms with Crippen LogP contribution in [-0.2, 0) is 17.6 Å². The van der Waals surface area contributed by atoms with E-state index in [1.807, 2.05) is 18.2 Å². The van der Waals surface area contributed by atoms with Crippen molar-refractivity contribution in [2.45, 2.75) is 19.3 Å². The Morgan fingerprint density at radius 3 is 2.80 bits per heavy atom. The minimum atomic E-state index is -0.263. The van der Waals surface area contributed by atoms with E-state index in [2.05, 4.69) is 0 Å². The van der Waals surface area contributed by atoms with Crippen LogP contribution in [0.3, 0.4) is 0 Å². The second kappa shape index (κ2) is 6.89. The molecule has 1 amide bonds. The Kier molecular flexibility index (Phi) is 4.93. The smallest absolute Gasteiger partial charge is 0.222 e. The molecule has 0 aliphatic rings. The Morgan fingerprint density at radius 1 is 1.25 bits per heavy atom. The highest BCUT2D eigenvalue weighted by Crippen LogP contribution is 2.08. The molecule has 0 aliphatic carbocycles. The fourth-order valence-corrected chi connectivity index (χ4v) is 1.99. The van der Waals surface area contributed by atoms with Crippen molar-refractivity contribution >= 4 is 5.91 Å². The second-order valence-electron chi connectivity index (χ2n) is 4.77. The van der Waals surface area contributed by atoms with Crippen molar-refractivity contribution in [1.29, 1.82) is 0 Å². The molecule has 0 spiro atoms. The van der Waals surface area contributed by atoms with Crippen LogP contribution in [0.2, 0.25) is 0 Å². The van der Waals surface area contributed by atoms with Gasteiger partial charge in [-0.1, -0.05) is 12.1 Å². The Morgan fingerprint density at radius 2 is 2.10 bits per heavy atom. The van der Waals surface area contributed by atoms with Gasteiger partial charge in [-0.05, 0) is 36.2 Å². The Bertz CT molecular complexity index is 551. The van der Waals surface area contributed by atoms with E-state index in [1.165, 1.54) is 12.1 Å². The number of hydrogen-bond donors (Lipinski definition) is 0. The van der Waals surface area contributed by atoms with Gasteiger partial charge in [0.1, 0.15) is 11.6 Å². The van der Waals surface area contributed by atoms with Crippen molar-refractivity contribution in [1.82, 2.24) is 4.90 Å². The Labute approximate surface area is 118 Å². The molecule has 2 aromatic rings. The molecule has 106 valence electrons. The first-order valence-electron chi connectivity index (χ1n) is 6.66. The molecule has 2 rings (SSSR count). The monoisotopic (exact) mass is 275 g/mol. The lowest BCUT2D eigenvalue weighted by atomic mass is 10.1. The maximum absolute atomic E-state index is 13.0. The van der Waals surface area contributed by atoms with E-state index in [0.717, 1.165) is 11.3 Å². The first kappa shape index (κ1) is 14.3. The van der Waals surface area contributed by atoms with Gasteiger partial charge >= 0.3 is 0 Å². The SMILES string of the molecule is CN(CCc1ccco1)C(=O)CCc1cccc(F)c1. The van der Waals surface area contributed by atoms with Gasteiger partial charge in [0.25, 0.3) is 0 Å². The number of aryl methyl sites for hydroxylation is 1. The average Bonchev–Trinajstić information content (AvgIpc) is 2.95. The van der Waals surface area contributed by atoms with Gasteiger partial charge in [0.05, 0.1) is 6.26 Å². The predicted octanol–water partition coefficient (Wildman–Crippen LogP) is 3.05. The first-order valence-corrected chi connectivity index (χ1v) is 6.66. The van der Waals surface area contributed by atoms with Crippen LogP contribution in [0.15, 0.2) is 47.1 Å². The summed E-state index contributed by atoms with van der Waals surface area (Å²) in [5, 5.41) is 0. The van der Waals surface area contributed by atoms with Crippen molar-refractivity contribution in [3.63, 3.8) is 0 Å². The third-order valence-electron chi connectivity index (χ3n) is 3.22. The molecule has 0 atom stereocenters. The number of nitrogens with zero attached hydrogens (tertiary/aromatic N) is 1. The van der Waals surface area contributed by atoms with Crippen LogP contribution < -0.4 is 0 Å². The van der Waals surface area contributed by atoms with Crippen molar-refractivity contribution in [3.05, 3.63) is 59.8 Å². The molecular weight excluding hydrogens is 257 g/mol. The molecular formula is C16H18FNO2. The molecule has 0 saturated carbocycles. The third-order valence-corrected chi connectivity index (χ3v) is 3.22. The highest BCUT2D eigenvalue weighted by molar-refractivity contribution is 5.76. The predicted molar refractivity (Wildman–Crippen MR) is 74.8 cm³/mol. The molecule has 0 saturated heterocycles. The van der Waals surface area contributed by atoms with E-state index in [-0.39, 0.29) is 11.7 Å². The minimum Gasteiger partial charge on any atom is -0.469 e. The quantitative estimate of drug-likeness (QED) is 0.812. The summed E-state index contributed by atoms with van der Waals surface area (Å²) in [5.41, 5.74) is 0.845. The van der Waals surface area contributed by atoms with Gasteiger partial charge in [-0.15, -0.1) is 0 Å². The van der Waals surface area contributed by atoms with Gasteiger partial charge in [-0.3, -0.25) is 4.79 Å². The summed E-state index contributed by atoms with van der Waals surface area (Å²) in [6, 6.07) is 10.1. The summed E-state index contributed by atoms with van der Waals surface area (Å²) in [7, 11) is 1.77. The first-order chi connectivity index (χ1) is 9.65. The summed E-state index contributed by atoms with van der Waals surface area (Å²) in [4.78, 5) is 13.6. The van der Waals surface area contributed by atoms with E-state index < -0.39 is 0 Å². The molecule has 1 aromatic heterocycles. The maximum atomic E-state index is 13.0. The van der Waals surface area contributed by atoms with Crippen LogP contribution in [0.25, 0.3) is 0 Å². The normalized spacial score (nSPS) is 10.5. The summed E-state index contributed by atoms with van der Waals surface area (Å²) >= 11 is 0. The van der Waals surface area contributed by atoms with Crippen LogP contribution in [0, 0.1) is 5.82 Å². The van der Waals surface area contributed by atoms with Gasteiger partial charge in [-0.2, -0.15) is 0 Å². The fourth-order valence-electron chi connectivity index (χ4n) is 1.99. The molecule has 4 heteroatoms. The highest BCUT2D eigenvalue weighted by atomic mass is 19.1. The number of carbonyl (C=O) groups excluding carboxylic acids is 1. The lowest BCUT2D eigenvalue weighted by Gasteiger charge is -2.16. The largest absolute Gasteiger partial charge is 0.469 e. The zero-order chi connectivity index (χ0) is 14.4. The van der Waals surface area contributed by atoms with Crippen LogP contribution >= 0.6 is 0 Å². The molecule has 1 aromatic carbocycles. The Balaban J connectivity index is 1.76. The number of furan rings is 1. The van der Waals surface area contributed by atoms with Crippen molar-refractivity contribution < 1.29 is 13.6 Å². The summed E-state index contributed by atoms with van der Waals surface area (Å²) in [6.45, 7) is 0.621. The number of carbonyl (C=O) groups is 1. The second-order valence-corrected chi connectivity index (χ2v) is 4.77. The number of amides is 1. The number of rotatable bonds is 6. The van der Waals surface area contributed by atoms with Crippen molar-refractivity contribution in [2.75, 3.05) is 13.6 Å². The van der Waals surface area contributed by atoms with E-state index in [9.17, 15) is 9.18 Å². The van der Waals surface area contributed by atoms with E-state index in [0.29, 0.717) is 25.8 Å². The standard InChI is InChI=1S/C16H18FNO2/c1-18(10-9-15-6-3-11-20-15)16(19)8-7-13-4-2-5-14(17)12-13/h2-6,11-12H,7-10H2,1H3. The van der Waals surface area contributed by atoms with Gasteiger partial charge in [0, 0.05) is 26.4 Å². The van der Waals surface area contributed by atoms with E-state index in [4.69, 9.17) is 4.42 Å². The van der Waals surface area contributed by atoms with Crippen LogP contribution in [0.1, 0.15) is 17.7 Å². The molecule has 0 fully saturated rings. The fraction of sp³-hybridized carbons (Fsp3) is 0.312. The van der Waals surface area contributed by atoms with Crippen LogP contribution in [0.4, 0.5) is 4.39 Å². The van der Waals surface area contributed by atoms with Crippen molar-refractivity contribution in [2.24, 2.45) is 0 Å². The summed E-state index contributed by atoms with van der Waals surface area (Å²) < 4.78 is 18.2. The van der Waals surface area contributed by atoms with E-state index in [1.54, 1.807) is 24.3 Å². The molecule has 1 heterocycles. The zero-order valence-electron chi connectivity index (χ0n) is 11.5. The molecule has 0 radical (unpaired) electrons. The lowest BCUT2D eigenvalue weighted by molar-refractivity contribution is -0.129. The molecule has 0 unspecified atom stereocenters. The van der Waals surface area contributed by atoms with Gasteiger partial charge in [0.2, 0.25) is 5.91 Å². The van der Waals surface area contributed by atoms with Gasteiger partial charge in [0.15, 0.2) is 0 Å². The van der Waals surface area contributed by atoms with Gasteiger partial charge in [-0.25, -0.2) is 4.39 Å². The topological polar surface area (TPSA) is 33.5 Å². The molecule has 0 bridgehead atoms. The summed E-state index contributed by atoms with van der Waals surface area (Å²) in [6.07, 6.45) is 3.27. The molecule has 20 heavy (non-hydrogen) atoms. The number of halogens is 1. The van der Waals surface area contributed by atoms with Crippen molar-refractivity contribution in [3.8, 4) is 0 Å². The van der Waals surface area contributed by atoms with Crippen LogP contribution in [0.5, 0.6) is 0 Å². The third kappa shape index (κ3) is 4.23. The minimum absolute atomic E-state index is 0.0563. The highest BCUT2D eigenvalue weighted by Gasteiger charge is 2.09. The van der Waals surface area contributed by atoms with E-state index >= 15 is 0 Å². The van der Waals surface area contributed by atoms with Crippen LogP contribution in [-0.4, -0.2) is 24.4 Å². The summed E-state index contributed by atoms with van der Waals surface area (Å²) in [5.74, 6) is 0.664. The van der Waals surface area contributed by atoms with Gasteiger partial charge < -0.3 is 9.32 Å². The lowest BCUT2D eigenvalue weighted by Crippen LogP contribution is -2.28. The maximum Gasteiger partial charge on any atom is 0.222 e. The zero-order valence-corrected chi connectivity index (χ0v) is 11.5.